The van der Waals surface area contributed by atoms with Gasteiger partial charge in [0.2, 0.25) is 10.0 Å². The fourth-order valence-electron chi connectivity index (χ4n) is 1.43. The van der Waals surface area contributed by atoms with Gasteiger partial charge in [0.1, 0.15) is 0 Å². The van der Waals surface area contributed by atoms with Gasteiger partial charge in [-0.3, -0.25) is 9.52 Å². The van der Waals surface area contributed by atoms with Crippen LogP contribution in [0, 0.1) is 6.92 Å². The lowest BCUT2D eigenvalue weighted by Crippen LogP contribution is -2.18. The number of benzene rings is 1. The molecular weight excluding hydrogens is 290 g/mol. The zero-order valence-electron chi connectivity index (χ0n) is 10.8. The Balaban J connectivity index is 2.61. The first-order valence-corrected chi connectivity index (χ1v) is 7.70. The highest BCUT2D eigenvalue weighted by molar-refractivity contribution is 7.92. The molecule has 1 N–H and O–H groups in total. The van der Waals surface area contributed by atoms with Crippen LogP contribution in [0.2, 0.25) is 5.02 Å². The summed E-state index contributed by atoms with van der Waals surface area (Å²) in [6, 6.07) is 5.04. The van der Waals surface area contributed by atoms with Crippen molar-refractivity contribution in [1.29, 1.82) is 0 Å². The molecule has 0 saturated carbocycles. The molecule has 7 heteroatoms. The van der Waals surface area contributed by atoms with E-state index >= 15 is 0 Å². The topological polar surface area (TPSA) is 72.5 Å². The number of halogens is 1. The molecule has 0 aliphatic heterocycles. The standard InChI is InChI=1S/C12H16ClNO4S/c1-9-5-6-11(10(13)8-9)14-19(16,17)7-3-4-12(15)18-2/h5-6,8,14H,3-4,7H2,1-2H3. The van der Waals surface area contributed by atoms with E-state index in [0.29, 0.717) is 10.7 Å². The molecule has 5 nitrogen and oxygen atoms in total. The molecular formula is C12H16ClNO4S. The summed E-state index contributed by atoms with van der Waals surface area (Å²) in [6.45, 7) is 1.86. The van der Waals surface area contributed by atoms with Crippen LogP contribution >= 0.6 is 11.6 Å². The number of hydrogen-bond acceptors (Lipinski definition) is 4. The first kappa shape index (κ1) is 15.8. The summed E-state index contributed by atoms with van der Waals surface area (Å²) in [6.07, 6.45) is 0.268. The molecule has 0 saturated heterocycles. The van der Waals surface area contributed by atoms with Crippen LogP contribution in [0.25, 0.3) is 0 Å². The van der Waals surface area contributed by atoms with E-state index in [9.17, 15) is 13.2 Å². The van der Waals surface area contributed by atoms with E-state index < -0.39 is 16.0 Å². The number of hydrogen-bond donors (Lipinski definition) is 1. The number of ether oxygens (including phenoxy) is 1. The molecule has 19 heavy (non-hydrogen) atoms. The molecule has 0 bridgehead atoms. The quantitative estimate of drug-likeness (QED) is 0.819. The maximum atomic E-state index is 11.8. The average molecular weight is 306 g/mol. The number of carbonyl (C=O) groups is 1. The van der Waals surface area contributed by atoms with E-state index in [4.69, 9.17) is 11.6 Å². The van der Waals surface area contributed by atoms with Crippen LogP contribution in [-0.4, -0.2) is 27.2 Å². The fraction of sp³-hybridized carbons (Fsp3) is 0.417. The number of methoxy groups -OCH3 is 1. The monoisotopic (exact) mass is 305 g/mol. The van der Waals surface area contributed by atoms with E-state index in [1.165, 1.54) is 7.11 Å². The van der Waals surface area contributed by atoms with Gasteiger partial charge >= 0.3 is 5.97 Å². The SMILES string of the molecule is COC(=O)CCCS(=O)(=O)Nc1ccc(C)cc1Cl. The molecule has 1 aromatic carbocycles. The second kappa shape index (κ2) is 6.77. The van der Waals surface area contributed by atoms with Crippen LogP contribution < -0.4 is 4.72 Å². The Hall–Kier alpha value is -1.27. The second-order valence-electron chi connectivity index (χ2n) is 4.08. The van der Waals surface area contributed by atoms with E-state index in [2.05, 4.69) is 9.46 Å². The van der Waals surface area contributed by atoms with Crippen LogP contribution in [0.1, 0.15) is 18.4 Å². The minimum absolute atomic E-state index is 0.0685. The van der Waals surface area contributed by atoms with Gasteiger partial charge in [-0.05, 0) is 31.0 Å². The van der Waals surface area contributed by atoms with Crippen LogP contribution in [0.4, 0.5) is 5.69 Å². The third-order valence-corrected chi connectivity index (χ3v) is 4.08. The molecule has 0 radical (unpaired) electrons. The lowest BCUT2D eigenvalue weighted by Gasteiger charge is -2.09. The van der Waals surface area contributed by atoms with Gasteiger partial charge in [-0.25, -0.2) is 8.42 Å². The largest absolute Gasteiger partial charge is 0.469 e. The van der Waals surface area contributed by atoms with Gasteiger partial charge in [-0.1, -0.05) is 17.7 Å². The molecule has 0 fully saturated rings. The van der Waals surface area contributed by atoms with Gasteiger partial charge in [-0.15, -0.1) is 0 Å². The average Bonchev–Trinajstić information content (AvgIpc) is 2.32. The van der Waals surface area contributed by atoms with E-state index in [-0.39, 0.29) is 18.6 Å². The van der Waals surface area contributed by atoms with Crippen molar-refractivity contribution in [2.45, 2.75) is 19.8 Å². The number of carbonyl (C=O) groups excluding carboxylic acids is 1. The van der Waals surface area contributed by atoms with Gasteiger partial charge in [0.05, 0.1) is 23.6 Å². The van der Waals surface area contributed by atoms with Crippen LogP contribution in [0.5, 0.6) is 0 Å². The van der Waals surface area contributed by atoms with Gasteiger partial charge in [0.25, 0.3) is 0 Å². The molecule has 0 spiro atoms. The van der Waals surface area contributed by atoms with Crippen molar-refractivity contribution < 1.29 is 17.9 Å². The molecule has 106 valence electrons. The first-order valence-electron chi connectivity index (χ1n) is 5.67. The minimum atomic E-state index is -3.52. The fourth-order valence-corrected chi connectivity index (χ4v) is 2.91. The van der Waals surface area contributed by atoms with Crippen molar-refractivity contribution >= 4 is 33.3 Å². The highest BCUT2D eigenvalue weighted by Gasteiger charge is 2.13. The van der Waals surface area contributed by atoms with E-state index in [0.717, 1.165) is 5.56 Å². The van der Waals surface area contributed by atoms with E-state index in [1.807, 2.05) is 6.92 Å². The van der Waals surface area contributed by atoms with Crippen molar-refractivity contribution in [3.05, 3.63) is 28.8 Å². The number of nitrogens with one attached hydrogen (secondary N) is 1. The van der Waals surface area contributed by atoms with Crippen LogP contribution in [-0.2, 0) is 19.6 Å². The van der Waals surface area contributed by atoms with Crippen molar-refractivity contribution in [3.63, 3.8) is 0 Å². The maximum absolute atomic E-state index is 11.8. The molecule has 0 aliphatic carbocycles. The van der Waals surface area contributed by atoms with Gasteiger partial charge in [0.15, 0.2) is 0 Å². The minimum Gasteiger partial charge on any atom is -0.469 e. The van der Waals surface area contributed by atoms with Crippen molar-refractivity contribution in [2.75, 3.05) is 17.6 Å². The number of esters is 1. The Kier molecular flexibility index (Phi) is 5.62. The zero-order valence-corrected chi connectivity index (χ0v) is 12.3. The number of aryl methyl sites for hydroxylation is 1. The highest BCUT2D eigenvalue weighted by atomic mass is 35.5. The lowest BCUT2D eigenvalue weighted by atomic mass is 10.2. The molecule has 0 heterocycles. The van der Waals surface area contributed by atoms with E-state index in [1.54, 1.807) is 18.2 Å². The number of anilines is 1. The summed E-state index contributed by atoms with van der Waals surface area (Å²) >= 11 is 5.94. The third-order valence-electron chi connectivity index (χ3n) is 2.41. The molecule has 0 unspecified atom stereocenters. The number of sulfonamides is 1. The summed E-state index contributed by atoms with van der Waals surface area (Å²) in [5.41, 5.74) is 1.28. The molecule has 0 aliphatic rings. The summed E-state index contributed by atoms with van der Waals surface area (Å²) < 4.78 is 30.4. The van der Waals surface area contributed by atoms with Gasteiger partial charge in [0, 0.05) is 6.42 Å². The predicted molar refractivity (Wildman–Crippen MR) is 74.8 cm³/mol. The number of rotatable bonds is 6. The Bertz CT molecular complexity index is 557. The Morgan fingerprint density at radius 3 is 2.68 bits per heavy atom. The lowest BCUT2D eigenvalue weighted by molar-refractivity contribution is -0.140. The molecule has 0 aromatic heterocycles. The summed E-state index contributed by atoms with van der Waals surface area (Å²) in [5.74, 6) is -0.588. The summed E-state index contributed by atoms with van der Waals surface area (Å²) in [5, 5.41) is 0.344. The predicted octanol–water partition coefficient (Wildman–Crippen LogP) is 2.34. The Morgan fingerprint density at radius 2 is 2.11 bits per heavy atom. The molecule has 1 aromatic rings. The summed E-state index contributed by atoms with van der Waals surface area (Å²) in [4.78, 5) is 10.9. The Morgan fingerprint density at radius 1 is 1.42 bits per heavy atom. The normalized spacial score (nSPS) is 11.1. The first-order chi connectivity index (χ1) is 8.84. The smallest absolute Gasteiger partial charge is 0.305 e. The van der Waals surface area contributed by atoms with Gasteiger partial charge < -0.3 is 4.74 Å². The van der Waals surface area contributed by atoms with Crippen LogP contribution in [0.3, 0.4) is 0 Å². The third kappa shape index (κ3) is 5.48. The van der Waals surface area contributed by atoms with Crippen molar-refractivity contribution in [2.24, 2.45) is 0 Å². The second-order valence-corrected chi connectivity index (χ2v) is 6.33. The maximum Gasteiger partial charge on any atom is 0.305 e. The summed E-state index contributed by atoms with van der Waals surface area (Å²) in [7, 11) is -2.25. The zero-order chi connectivity index (χ0) is 14.5. The van der Waals surface area contributed by atoms with Crippen molar-refractivity contribution in [3.8, 4) is 0 Å². The highest BCUT2D eigenvalue weighted by Crippen LogP contribution is 2.23. The Labute approximate surface area is 118 Å². The molecule has 1 rings (SSSR count). The van der Waals surface area contributed by atoms with Crippen molar-refractivity contribution in [1.82, 2.24) is 0 Å². The molecule has 0 atom stereocenters. The van der Waals surface area contributed by atoms with Gasteiger partial charge in [-0.2, -0.15) is 0 Å². The molecule has 0 amide bonds. The van der Waals surface area contributed by atoms with Crippen LogP contribution in [0.15, 0.2) is 18.2 Å².